The molecule has 0 N–H and O–H groups in total. The lowest BCUT2D eigenvalue weighted by Gasteiger charge is -2.14. The van der Waals surface area contributed by atoms with Crippen molar-refractivity contribution in [3.63, 3.8) is 0 Å². The average molecular weight is 445 g/mol. The summed E-state index contributed by atoms with van der Waals surface area (Å²) in [4.78, 5) is 13.1. The van der Waals surface area contributed by atoms with Gasteiger partial charge in [0.1, 0.15) is 0 Å². The minimum Gasteiger partial charge on any atom is -0.385 e. The van der Waals surface area contributed by atoms with Gasteiger partial charge in [-0.2, -0.15) is 0 Å². The van der Waals surface area contributed by atoms with Crippen LogP contribution in [0.5, 0.6) is 0 Å². The summed E-state index contributed by atoms with van der Waals surface area (Å²) in [5, 5.41) is 13.0. The molecule has 0 saturated heterocycles. The number of nitrogens with zero attached hydrogens (tertiary/aromatic N) is 4. The zero-order valence-corrected chi connectivity index (χ0v) is 18.9. The van der Waals surface area contributed by atoms with Crippen LogP contribution in [0.2, 0.25) is 0 Å². The number of rotatable bonds is 7. The molecule has 0 bridgehead atoms. The van der Waals surface area contributed by atoms with E-state index in [1.807, 2.05) is 28.7 Å². The Hall–Kier alpha value is -3.16. The van der Waals surface area contributed by atoms with Gasteiger partial charge in [-0.1, -0.05) is 66.4 Å². The maximum absolute atomic E-state index is 13.1. The third-order valence-corrected chi connectivity index (χ3v) is 6.83. The fourth-order valence-electron chi connectivity index (χ4n) is 4.07. The maximum atomic E-state index is 13.1. The summed E-state index contributed by atoms with van der Waals surface area (Å²) < 4.78 is 8.89. The van der Waals surface area contributed by atoms with E-state index in [-0.39, 0.29) is 10.8 Å². The first kappa shape index (κ1) is 20.7. The van der Waals surface area contributed by atoms with Gasteiger partial charge in [0.25, 0.3) is 5.56 Å². The molecule has 7 heteroatoms. The summed E-state index contributed by atoms with van der Waals surface area (Å²) in [6.45, 7) is 3.29. The summed E-state index contributed by atoms with van der Waals surface area (Å²) in [6.07, 6.45) is 0.729. The molecule has 3 aromatic carbocycles. The van der Waals surface area contributed by atoms with Gasteiger partial charge in [0.15, 0.2) is 5.16 Å². The van der Waals surface area contributed by atoms with Crippen LogP contribution < -0.4 is 5.56 Å². The van der Waals surface area contributed by atoms with Crippen LogP contribution in [0.4, 0.5) is 0 Å². The lowest BCUT2D eigenvalue weighted by molar-refractivity contribution is 0.190. The van der Waals surface area contributed by atoms with Crippen LogP contribution in [-0.4, -0.2) is 32.9 Å². The van der Waals surface area contributed by atoms with E-state index in [9.17, 15) is 4.79 Å². The van der Waals surface area contributed by atoms with Gasteiger partial charge >= 0.3 is 0 Å². The molecule has 162 valence electrons. The molecule has 0 aliphatic carbocycles. The predicted molar refractivity (Wildman–Crippen MR) is 129 cm³/mol. The number of para-hydroxylation sites is 1. The standard InChI is InChI=1S/C25H24N4O2S/c1-17(19-13-12-18-8-3-4-9-20(18)16-19)32-25-27-26-24-28(14-7-15-31-2)23(30)21-10-5-6-11-22(21)29(24)25/h3-6,8-13,16-17H,7,14-15H2,1-2H3. The van der Waals surface area contributed by atoms with Crippen LogP contribution in [0, 0.1) is 0 Å². The van der Waals surface area contributed by atoms with Crippen molar-refractivity contribution in [1.29, 1.82) is 0 Å². The first-order chi connectivity index (χ1) is 15.7. The highest BCUT2D eigenvalue weighted by Crippen LogP contribution is 2.35. The third kappa shape index (κ3) is 3.67. The lowest BCUT2D eigenvalue weighted by Crippen LogP contribution is -2.24. The van der Waals surface area contributed by atoms with E-state index in [1.54, 1.807) is 23.4 Å². The molecule has 0 aliphatic heterocycles. The quantitative estimate of drug-likeness (QED) is 0.259. The van der Waals surface area contributed by atoms with Gasteiger partial charge in [0.05, 0.1) is 10.9 Å². The Bertz CT molecular complexity index is 1470. The Morgan fingerprint density at radius 2 is 1.78 bits per heavy atom. The van der Waals surface area contributed by atoms with Crippen molar-refractivity contribution in [2.75, 3.05) is 13.7 Å². The van der Waals surface area contributed by atoms with Gasteiger partial charge in [0, 0.05) is 25.5 Å². The van der Waals surface area contributed by atoms with Gasteiger partial charge in [0.2, 0.25) is 5.78 Å². The molecule has 32 heavy (non-hydrogen) atoms. The third-order valence-electron chi connectivity index (χ3n) is 5.73. The molecule has 2 heterocycles. The largest absolute Gasteiger partial charge is 0.385 e. The minimum absolute atomic E-state index is 0.0456. The highest BCUT2D eigenvalue weighted by atomic mass is 32.2. The molecule has 1 atom stereocenters. The van der Waals surface area contributed by atoms with Crippen LogP contribution >= 0.6 is 11.8 Å². The van der Waals surface area contributed by atoms with E-state index in [0.717, 1.165) is 17.1 Å². The van der Waals surface area contributed by atoms with Crippen molar-refractivity contribution in [3.05, 3.63) is 82.6 Å². The molecule has 0 spiro atoms. The number of aromatic nitrogens is 4. The van der Waals surface area contributed by atoms with E-state index in [1.165, 1.54) is 16.3 Å². The van der Waals surface area contributed by atoms with Crippen molar-refractivity contribution in [2.45, 2.75) is 30.3 Å². The second-order valence-corrected chi connectivity index (χ2v) is 9.11. The SMILES string of the molecule is COCCCn1c(=O)c2ccccc2n2c(SC(C)c3ccc4ccccc4c3)nnc12. The Balaban J connectivity index is 1.58. The van der Waals surface area contributed by atoms with Crippen molar-refractivity contribution < 1.29 is 4.74 Å². The summed E-state index contributed by atoms with van der Waals surface area (Å²) >= 11 is 1.65. The number of thioether (sulfide) groups is 1. The van der Waals surface area contributed by atoms with Crippen LogP contribution in [0.15, 0.2) is 76.7 Å². The number of fused-ring (bicyclic) bond motifs is 4. The summed E-state index contributed by atoms with van der Waals surface area (Å²) in [5.74, 6) is 0.568. The Morgan fingerprint density at radius 3 is 2.62 bits per heavy atom. The lowest BCUT2D eigenvalue weighted by atomic mass is 10.1. The van der Waals surface area contributed by atoms with E-state index in [4.69, 9.17) is 4.74 Å². The van der Waals surface area contributed by atoms with Crippen LogP contribution in [-0.2, 0) is 11.3 Å². The zero-order valence-electron chi connectivity index (χ0n) is 18.1. The Kier molecular flexibility index (Phi) is 5.68. The Labute approximate surface area is 189 Å². The van der Waals surface area contributed by atoms with Gasteiger partial charge in [-0.25, -0.2) is 0 Å². The monoisotopic (exact) mass is 444 g/mol. The van der Waals surface area contributed by atoms with Gasteiger partial charge < -0.3 is 4.74 Å². The molecule has 0 radical (unpaired) electrons. The highest BCUT2D eigenvalue weighted by Gasteiger charge is 2.19. The van der Waals surface area contributed by atoms with Crippen molar-refractivity contribution in [2.24, 2.45) is 0 Å². The normalized spacial score (nSPS) is 12.7. The highest BCUT2D eigenvalue weighted by molar-refractivity contribution is 7.99. The molecule has 2 aromatic heterocycles. The molecule has 5 rings (SSSR count). The Morgan fingerprint density at radius 1 is 1.00 bits per heavy atom. The van der Waals surface area contributed by atoms with E-state index >= 15 is 0 Å². The number of hydrogen-bond donors (Lipinski definition) is 0. The minimum atomic E-state index is -0.0456. The second kappa shape index (κ2) is 8.76. The number of aryl methyl sites for hydroxylation is 1. The van der Waals surface area contributed by atoms with E-state index < -0.39 is 0 Å². The number of ether oxygens (including phenoxy) is 1. The van der Waals surface area contributed by atoms with Gasteiger partial charge in [-0.15, -0.1) is 10.2 Å². The summed E-state index contributed by atoms with van der Waals surface area (Å²) in [7, 11) is 1.67. The molecule has 0 fully saturated rings. The molecular weight excluding hydrogens is 420 g/mol. The van der Waals surface area contributed by atoms with Crippen LogP contribution in [0.1, 0.15) is 24.2 Å². The van der Waals surface area contributed by atoms with Gasteiger partial charge in [-0.3, -0.25) is 13.8 Å². The first-order valence-electron chi connectivity index (χ1n) is 10.7. The first-order valence-corrected chi connectivity index (χ1v) is 11.6. The second-order valence-electron chi connectivity index (χ2n) is 7.80. The van der Waals surface area contributed by atoms with Crippen molar-refractivity contribution in [3.8, 4) is 0 Å². The van der Waals surface area contributed by atoms with Crippen LogP contribution in [0.3, 0.4) is 0 Å². The molecule has 5 aromatic rings. The van der Waals surface area contributed by atoms with Gasteiger partial charge in [-0.05, 0) is 41.8 Å². The smallest absolute Gasteiger partial charge is 0.262 e. The topological polar surface area (TPSA) is 61.4 Å². The number of hydrogen-bond acceptors (Lipinski definition) is 5. The average Bonchev–Trinajstić information content (AvgIpc) is 3.24. The summed E-state index contributed by atoms with van der Waals surface area (Å²) in [5.41, 5.74) is 2.01. The molecule has 0 amide bonds. The van der Waals surface area contributed by atoms with Crippen LogP contribution in [0.25, 0.3) is 27.5 Å². The number of methoxy groups -OCH3 is 1. The number of benzene rings is 3. The molecule has 0 aliphatic rings. The molecule has 6 nitrogen and oxygen atoms in total. The molecule has 1 unspecified atom stereocenters. The zero-order chi connectivity index (χ0) is 22.1. The van der Waals surface area contributed by atoms with E-state index in [2.05, 4.69) is 59.6 Å². The summed E-state index contributed by atoms with van der Waals surface area (Å²) in [6, 6.07) is 22.6. The maximum Gasteiger partial charge on any atom is 0.262 e. The molecular formula is C25H24N4O2S. The fraction of sp³-hybridized carbons (Fsp3) is 0.240. The molecule has 0 saturated carbocycles. The van der Waals surface area contributed by atoms with Crippen molar-refractivity contribution >= 4 is 39.2 Å². The fourth-order valence-corrected chi connectivity index (χ4v) is 5.04. The van der Waals surface area contributed by atoms with E-state index in [0.29, 0.717) is 24.3 Å². The van der Waals surface area contributed by atoms with Crippen molar-refractivity contribution in [1.82, 2.24) is 19.2 Å². The predicted octanol–water partition coefficient (Wildman–Crippen LogP) is 5.09.